The van der Waals surface area contributed by atoms with Crippen molar-refractivity contribution in [2.75, 3.05) is 50.0 Å². The van der Waals surface area contributed by atoms with E-state index < -0.39 is 10.0 Å². The maximum absolute atomic E-state index is 12.5. The normalized spacial score (nSPS) is 15.3. The van der Waals surface area contributed by atoms with Gasteiger partial charge in [-0.2, -0.15) is 0 Å². The van der Waals surface area contributed by atoms with E-state index in [0.717, 1.165) is 26.2 Å². The number of piperazine rings is 1. The van der Waals surface area contributed by atoms with Crippen LogP contribution in [0.4, 0.5) is 11.4 Å². The predicted molar refractivity (Wildman–Crippen MR) is 115 cm³/mol. The van der Waals surface area contributed by atoms with Gasteiger partial charge < -0.3 is 15.1 Å². The quantitative estimate of drug-likeness (QED) is 0.641. The van der Waals surface area contributed by atoms with Crippen LogP contribution in [-0.4, -0.2) is 54.1 Å². The molecule has 8 heteroatoms. The third-order valence-electron chi connectivity index (χ3n) is 5.37. The van der Waals surface area contributed by atoms with Crippen LogP contribution in [0.5, 0.6) is 0 Å². The first-order valence-electron chi connectivity index (χ1n) is 9.78. The summed E-state index contributed by atoms with van der Waals surface area (Å²) in [6.07, 6.45) is 0. The van der Waals surface area contributed by atoms with Crippen LogP contribution < -0.4 is 19.8 Å². The number of sulfonamides is 1. The molecule has 7 nitrogen and oxygen atoms in total. The molecule has 1 amide bonds. The van der Waals surface area contributed by atoms with Crippen LogP contribution >= 0.6 is 0 Å². The third-order valence-corrected chi connectivity index (χ3v) is 6.92. The molecule has 0 aliphatic carbocycles. The molecule has 0 spiro atoms. The van der Waals surface area contributed by atoms with Crippen LogP contribution in [0.25, 0.3) is 0 Å². The van der Waals surface area contributed by atoms with Crippen molar-refractivity contribution in [2.45, 2.75) is 18.7 Å². The van der Waals surface area contributed by atoms with E-state index in [2.05, 4.69) is 40.1 Å². The fourth-order valence-corrected chi connectivity index (χ4v) is 4.66. The van der Waals surface area contributed by atoms with Crippen molar-refractivity contribution in [1.29, 1.82) is 0 Å². The molecule has 0 aromatic heterocycles. The summed E-state index contributed by atoms with van der Waals surface area (Å²) in [5.41, 5.74) is 3.65. The highest BCUT2D eigenvalue weighted by atomic mass is 32.2. The maximum atomic E-state index is 12.5. The molecular formula is C21H29N4O3S+. The highest BCUT2D eigenvalue weighted by molar-refractivity contribution is 7.89. The zero-order chi connectivity index (χ0) is 21.0. The number of hydrogen-bond donors (Lipinski definition) is 3. The van der Waals surface area contributed by atoms with Gasteiger partial charge in [-0.3, -0.25) is 4.79 Å². The van der Waals surface area contributed by atoms with E-state index in [1.807, 2.05) is 6.07 Å². The Morgan fingerprint density at radius 1 is 1.07 bits per heavy atom. The van der Waals surface area contributed by atoms with Crippen molar-refractivity contribution in [2.24, 2.45) is 0 Å². The first kappa shape index (κ1) is 21.3. The van der Waals surface area contributed by atoms with E-state index in [1.54, 1.807) is 19.1 Å². The molecule has 1 fully saturated rings. The van der Waals surface area contributed by atoms with Crippen LogP contribution in [-0.2, 0) is 14.8 Å². The molecule has 1 saturated heterocycles. The molecule has 0 bridgehead atoms. The van der Waals surface area contributed by atoms with Gasteiger partial charge in [0.05, 0.1) is 31.1 Å². The van der Waals surface area contributed by atoms with E-state index in [-0.39, 0.29) is 10.8 Å². The molecule has 156 valence electrons. The van der Waals surface area contributed by atoms with Gasteiger partial charge in [0.2, 0.25) is 10.0 Å². The van der Waals surface area contributed by atoms with Crippen molar-refractivity contribution in [3.05, 3.63) is 53.6 Å². The Labute approximate surface area is 172 Å². The van der Waals surface area contributed by atoms with E-state index in [0.29, 0.717) is 17.8 Å². The summed E-state index contributed by atoms with van der Waals surface area (Å²) in [4.78, 5) is 16.3. The molecule has 1 aliphatic rings. The first-order valence-corrected chi connectivity index (χ1v) is 11.3. The second kappa shape index (κ2) is 8.94. The molecule has 2 aromatic carbocycles. The fourth-order valence-electron chi connectivity index (χ4n) is 3.67. The number of nitrogens with zero attached hydrogens (tertiary/aromatic N) is 1. The lowest BCUT2D eigenvalue weighted by atomic mass is 10.1. The number of quaternary nitrogens is 1. The minimum atomic E-state index is -3.56. The maximum Gasteiger partial charge on any atom is 0.279 e. The summed E-state index contributed by atoms with van der Waals surface area (Å²) in [6, 6.07) is 13.3. The number of anilines is 2. The summed E-state index contributed by atoms with van der Waals surface area (Å²) in [7, 11) is -2.19. The topological polar surface area (TPSA) is 83.0 Å². The van der Waals surface area contributed by atoms with Crippen molar-refractivity contribution in [1.82, 2.24) is 4.72 Å². The Kier molecular flexibility index (Phi) is 6.56. The number of hydrogen-bond acceptors (Lipinski definition) is 4. The monoisotopic (exact) mass is 417 g/mol. The van der Waals surface area contributed by atoms with E-state index in [1.165, 1.54) is 29.3 Å². The number of carbonyl (C=O) groups excluding carboxylic acids is 1. The number of nitrogens with one attached hydrogen (secondary N) is 3. The summed E-state index contributed by atoms with van der Waals surface area (Å²) < 4.78 is 26.5. The van der Waals surface area contributed by atoms with Gasteiger partial charge in [0.25, 0.3) is 5.91 Å². The SMILES string of the molecule is CNS(=O)(=O)c1cc(NC(=O)C[NH+]2CCN(c3ccccc3C)CC2)ccc1C. The smallest absolute Gasteiger partial charge is 0.279 e. The predicted octanol–water partition coefficient (Wildman–Crippen LogP) is 0.555. The van der Waals surface area contributed by atoms with Crippen LogP contribution in [0, 0.1) is 13.8 Å². The van der Waals surface area contributed by atoms with Gasteiger partial charge in [-0.15, -0.1) is 0 Å². The molecule has 29 heavy (non-hydrogen) atoms. The first-order chi connectivity index (χ1) is 13.8. The third kappa shape index (κ3) is 5.14. The fraction of sp³-hybridized carbons (Fsp3) is 0.381. The van der Waals surface area contributed by atoms with Crippen molar-refractivity contribution in [3.8, 4) is 0 Å². The minimum Gasteiger partial charge on any atom is -0.360 e. The average molecular weight is 418 g/mol. The number of amides is 1. The molecule has 3 N–H and O–H groups in total. The van der Waals surface area contributed by atoms with Gasteiger partial charge in [0.15, 0.2) is 6.54 Å². The molecule has 0 unspecified atom stereocenters. The number of rotatable bonds is 6. The lowest BCUT2D eigenvalue weighted by molar-refractivity contribution is -0.892. The molecule has 0 radical (unpaired) electrons. The second-order valence-corrected chi connectivity index (χ2v) is 9.29. The molecule has 3 rings (SSSR count). The van der Waals surface area contributed by atoms with Crippen LogP contribution in [0.3, 0.4) is 0 Å². The zero-order valence-corrected chi connectivity index (χ0v) is 18.0. The summed E-state index contributed by atoms with van der Waals surface area (Å²) in [5, 5.41) is 2.84. The van der Waals surface area contributed by atoms with Crippen LogP contribution in [0.1, 0.15) is 11.1 Å². The number of carbonyl (C=O) groups is 1. The van der Waals surface area contributed by atoms with E-state index in [9.17, 15) is 13.2 Å². The largest absolute Gasteiger partial charge is 0.360 e. The summed E-state index contributed by atoms with van der Waals surface area (Å²) in [5.74, 6) is -0.110. The van der Waals surface area contributed by atoms with Gasteiger partial charge in [-0.1, -0.05) is 24.3 Å². The average Bonchev–Trinajstić information content (AvgIpc) is 2.70. The van der Waals surface area contributed by atoms with Crippen molar-refractivity contribution >= 4 is 27.3 Å². The van der Waals surface area contributed by atoms with Crippen LogP contribution in [0.2, 0.25) is 0 Å². The van der Waals surface area contributed by atoms with Gasteiger partial charge in [0.1, 0.15) is 0 Å². The zero-order valence-electron chi connectivity index (χ0n) is 17.2. The van der Waals surface area contributed by atoms with Gasteiger partial charge >= 0.3 is 0 Å². The van der Waals surface area contributed by atoms with Gasteiger partial charge in [0, 0.05) is 11.4 Å². The standard InChI is InChI=1S/C21H28N4O3S/c1-16-6-4-5-7-19(16)25-12-10-24(11-13-25)15-21(26)23-18-9-8-17(2)20(14-18)29(27,28)22-3/h4-9,14,22H,10-13,15H2,1-3H3,(H,23,26)/p+1. The Morgan fingerprint density at radius 3 is 2.41 bits per heavy atom. The molecular weight excluding hydrogens is 388 g/mol. The highest BCUT2D eigenvalue weighted by Crippen LogP contribution is 2.20. The van der Waals surface area contributed by atoms with Gasteiger partial charge in [-0.25, -0.2) is 13.1 Å². The molecule has 0 saturated carbocycles. The Morgan fingerprint density at radius 2 is 1.76 bits per heavy atom. The van der Waals surface area contributed by atoms with E-state index >= 15 is 0 Å². The molecule has 0 atom stereocenters. The highest BCUT2D eigenvalue weighted by Gasteiger charge is 2.23. The Balaban J connectivity index is 1.57. The van der Waals surface area contributed by atoms with Gasteiger partial charge in [-0.05, 0) is 50.2 Å². The lowest BCUT2D eigenvalue weighted by Crippen LogP contribution is -3.15. The Bertz CT molecular complexity index is 983. The molecule has 1 aliphatic heterocycles. The van der Waals surface area contributed by atoms with Crippen molar-refractivity contribution < 1.29 is 18.1 Å². The molecule has 1 heterocycles. The van der Waals surface area contributed by atoms with E-state index in [4.69, 9.17) is 0 Å². The second-order valence-electron chi connectivity index (χ2n) is 7.44. The van der Waals surface area contributed by atoms with Crippen LogP contribution in [0.15, 0.2) is 47.4 Å². The number of benzene rings is 2. The lowest BCUT2D eigenvalue weighted by Gasteiger charge is -2.34. The van der Waals surface area contributed by atoms with Crippen molar-refractivity contribution in [3.63, 3.8) is 0 Å². The molecule has 2 aromatic rings. The summed E-state index contributed by atoms with van der Waals surface area (Å²) in [6.45, 7) is 7.79. The number of para-hydroxylation sites is 1. The number of aryl methyl sites for hydroxylation is 2. The Hall–Kier alpha value is -2.42. The summed E-state index contributed by atoms with van der Waals surface area (Å²) >= 11 is 0. The minimum absolute atomic E-state index is 0.110.